The van der Waals surface area contributed by atoms with E-state index in [1.807, 2.05) is 75.6 Å². The van der Waals surface area contributed by atoms with Crippen LogP contribution in [0.1, 0.15) is 28.4 Å². The molecule has 0 bridgehead atoms. The van der Waals surface area contributed by atoms with Crippen molar-refractivity contribution in [2.24, 2.45) is 0 Å². The zero-order chi connectivity index (χ0) is 18.4. The normalized spacial score (nSPS) is 12.3. The molecule has 4 nitrogen and oxygen atoms in total. The van der Waals surface area contributed by atoms with Crippen molar-refractivity contribution in [1.82, 2.24) is 0 Å². The van der Waals surface area contributed by atoms with Crippen molar-refractivity contribution in [3.05, 3.63) is 83.9 Å². The lowest BCUT2D eigenvalue weighted by Gasteiger charge is -2.34. The maximum Gasteiger partial charge on any atom is 0.334 e. The predicted octanol–water partition coefficient (Wildman–Crippen LogP) is 3.57. The van der Waals surface area contributed by atoms with E-state index in [4.69, 9.17) is 4.74 Å². The fourth-order valence-corrected chi connectivity index (χ4v) is 2.48. The molecule has 0 N–H and O–H groups in total. The van der Waals surface area contributed by atoms with Crippen LogP contribution in [0.3, 0.4) is 0 Å². The molecule has 130 valence electrons. The van der Waals surface area contributed by atoms with Crippen molar-refractivity contribution in [2.45, 2.75) is 19.7 Å². The van der Waals surface area contributed by atoms with Crippen molar-refractivity contribution in [3.63, 3.8) is 0 Å². The third-order valence-corrected chi connectivity index (χ3v) is 4.28. The van der Waals surface area contributed by atoms with Crippen LogP contribution in [0.2, 0.25) is 0 Å². The van der Waals surface area contributed by atoms with Crippen molar-refractivity contribution in [3.8, 4) is 0 Å². The number of ether oxygens (including phenoxy) is 1. The van der Waals surface area contributed by atoms with Crippen LogP contribution in [0.4, 0.5) is 0 Å². The molecule has 2 aromatic carbocycles. The van der Waals surface area contributed by atoms with Crippen molar-refractivity contribution < 1.29 is 18.8 Å². The van der Waals surface area contributed by atoms with Gasteiger partial charge in [-0.15, -0.1) is 0 Å². The predicted molar refractivity (Wildman–Crippen MR) is 97.9 cm³/mol. The first-order chi connectivity index (χ1) is 11.8. The summed E-state index contributed by atoms with van der Waals surface area (Å²) in [5.74, 6) is -0.420. The summed E-state index contributed by atoms with van der Waals surface area (Å²) in [6, 6.07) is 16.8. The minimum atomic E-state index is -0.428. The Hall–Kier alpha value is -2.72. The highest BCUT2D eigenvalue weighted by atomic mass is 16.6. The maximum atomic E-state index is 12.4. The second kappa shape index (κ2) is 7.90. The Kier molecular flexibility index (Phi) is 5.88. The monoisotopic (exact) mass is 338 g/mol. The number of ketones is 1. The topological polar surface area (TPSA) is 43.4 Å². The first kappa shape index (κ1) is 18.6. The molecular weight excluding hydrogens is 314 g/mol. The second-order valence-electron chi connectivity index (χ2n) is 6.57. The Labute approximate surface area is 148 Å². The molecule has 2 rings (SSSR count). The number of carbonyl (C=O) groups excluding carboxylic acids is 2. The number of nitrogens with zero attached hydrogens (tertiary/aromatic N) is 1. The highest BCUT2D eigenvalue weighted by Crippen LogP contribution is 2.17. The standard InChI is InChI=1S/C21H24NO3/c1-5-20(23)25-16(2)22(3,4)15-17-11-13-19(14-12-17)21(24)18-9-7-6-8-10-18/h5-14,16H,1,15H2,2-4H3/q+1. The van der Waals surface area contributed by atoms with Crippen molar-refractivity contribution in [1.29, 1.82) is 0 Å². The summed E-state index contributed by atoms with van der Waals surface area (Å²) in [6.07, 6.45) is 0.858. The fraction of sp³-hybridized carbons (Fsp3) is 0.238. The van der Waals surface area contributed by atoms with Gasteiger partial charge in [0.2, 0.25) is 6.23 Å². The zero-order valence-corrected chi connectivity index (χ0v) is 14.9. The van der Waals surface area contributed by atoms with Crippen LogP contribution in [0, 0.1) is 0 Å². The lowest BCUT2D eigenvalue weighted by Crippen LogP contribution is -2.48. The molecule has 0 aliphatic carbocycles. The average Bonchev–Trinajstić information content (AvgIpc) is 2.62. The van der Waals surface area contributed by atoms with Gasteiger partial charge in [-0.25, -0.2) is 4.79 Å². The lowest BCUT2D eigenvalue weighted by atomic mass is 10.0. The summed E-state index contributed by atoms with van der Waals surface area (Å²) >= 11 is 0. The quantitative estimate of drug-likeness (QED) is 0.255. The van der Waals surface area contributed by atoms with E-state index in [0.29, 0.717) is 22.2 Å². The molecule has 4 heteroatoms. The van der Waals surface area contributed by atoms with E-state index in [1.54, 1.807) is 0 Å². The smallest absolute Gasteiger partial charge is 0.334 e. The fourth-order valence-electron chi connectivity index (χ4n) is 2.48. The average molecular weight is 338 g/mol. The third kappa shape index (κ3) is 4.88. The van der Waals surface area contributed by atoms with Gasteiger partial charge in [-0.3, -0.25) is 9.28 Å². The van der Waals surface area contributed by atoms with Crippen molar-refractivity contribution >= 4 is 11.8 Å². The molecule has 0 radical (unpaired) electrons. The summed E-state index contributed by atoms with van der Waals surface area (Å²) in [6.45, 7) is 5.95. The van der Waals surface area contributed by atoms with E-state index in [0.717, 1.165) is 5.56 Å². The molecule has 25 heavy (non-hydrogen) atoms. The van der Waals surface area contributed by atoms with Gasteiger partial charge in [0, 0.05) is 29.7 Å². The lowest BCUT2D eigenvalue weighted by molar-refractivity contribution is -0.945. The molecule has 0 aliphatic rings. The molecule has 0 aromatic heterocycles. The maximum absolute atomic E-state index is 12.4. The number of hydrogen-bond acceptors (Lipinski definition) is 3. The highest BCUT2D eigenvalue weighted by molar-refractivity contribution is 6.08. The van der Waals surface area contributed by atoms with Gasteiger partial charge in [0.15, 0.2) is 5.78 Å². The Morgan fingerprint density at radius 1 is 1.04 bits per heavy atom. The number of esters is 1. The molecule has 0 amide bonds. The molecular formula is C21H24NO3+. The van der Waals surface area contributed by atoms with E-state index in [2.05, 4.69) is 6.58 Å². The summed E-state index contributed by atoms with van der Waals surface area (Å²) < 4.78 is 5.80. The third-order valence-electron chi connectivity index (χ3n) is 4.28. The highest BCUT2D eigenvalue weighted by Gasteiger charge is 2.27. The number of benzene rings is 2. The molecule has 0 heterocycles. The van der Waals surface area contributed by atoms with E-state index in [-0.39, 0.29) is 12.0 Å². The van der Waals surface area contributed by atoms with Crippen LogP contribution >= 0.6 is 0 Å². The molecule has 1 atom stereocenters. The Balaban J connectivity index is 2.08. The minimum absolute atomic E-state index is 0.00850. The second-order valence-corrected chi connectivity index (χ2v) is 6.57. The number of rotatable bonds is 7. The van der Waals surface area contributed by atoms with Crippen LogP contribution < -0.4 is 0 Å². The Bertz CT molecular complexity index is 748. The van der Waals surface area contributed by atoms with Gasteiger partial charge in [0.1, 0.15) is 6.54 Å². The van der Waals surface area contributed by atoms with Gasteiger partial charge in [0.05, 0.1) is 14.1 Å². The number of quaternary nitrogens is 1. The Morgan fingerprint density at radius 3 is 2.16 bits per heavy atom. The Morgan fingerprint density at radius 2 is 1.60 bits per heavy atom. The molecule has 0 saturated carbocycles. The van der Waals surface area contributed by atoms with Gasteiger partial charge in [-0.05, 0) is 0 Å². The van der Waals surface area contributed by atoms with E-state index < -0.39 is 5.97 Å². The summed E-state index contributed by atoms with van der Waals surface area (Å²) in [5, 5.41) is 0. The summed E-state index contributed by atoms with van der Waals surface area (Å²) in [7, 11) is 3.98. The van der Waals surface area contributed by atoms with Crippen LogP contribution in [-0.2, 0) is 16.1 Å². The van der Waals surface area contributed by atoms with E-state index >= 15 is 0 Å². The molecule has 0 spiro atoms. The molecule has 0 fully saturated rings. The van der Waals surface area contributed by atoms with Gasteiger partial charge in [-0.1, -0.05) is 61.2 Å². The van der Waals surface area contributed by atoms with Crippen LogP contribution in [0.15, 0.2) is 67.3 Å². The van der Waals surface area contributed by atoms with Gasteiger partial charge >= 0.3 is 5.97 Å². The van der Waals surface area contributed by atoms with Crippen LogP contribution in [0.25, 0.3) is 0 Å². The zero-order valence-electron chi connectivity index (χ0n) is 14.9. The minimum Gasteiger partial charge on any atom is -0.410 e. The number of hydrogen-bond donors (Lipinski definition) is 0. The molecule has 0 saturated heterocycles. The molecule has 0 aliphatic heterocycles. The van der Waals surface area contributed by atoms with Gasteiger partial charge in [0.25, 0.3) is 0 Å². The van der Waals surface area contributed by atoms with Crippen molar-refractivity contribution in [2.75, 3.05) is 14.1 Å². The van der Waals surface area contributed by atoms with Gasteiger partial charge < -0.3 is 4.74 Å². The van der Waals surface area contributed by atoms with Gasteiger partial charge in [-0.2, -0.15) is 0 Å². The largest absolute Gasteiger partial charge is 0.410 e. The number of carbonyl (C=O) groups is 2. The van der Waals surface area contributed by atoms with E-state index in [1.165, 1.54) is 6.08 Å². The van der Waals surface area contributed by atoms with Crippen LogP contribution in [0.5, 0.6) is 0 Å². The first-order valence-corrected chi connectivity index (χ1v) is 8.18. The summed E-state index contributed by atoms with van der Waals surface area (Å²) in [5.41, 5.74) is 2.40. The molecule has 1 unspecified atom stereocenters. The first-order valence-electron chi connectivity index (χ1n) is 8.18. The van der Waals surface area contributed by atoms with E-state index in [9.17, 15) is 9.59 Å². The SMILES string of the molecule is C=CC(=O)OC(C)[N+](C)(C)Cc1ccc(C(=O)c2ccccc2)cc1. The van der Waals surface area contributed by atoms with Crippen LogP contribution in [-0.4, -0.2) is 36.6 Å². The summed E-state index contributed by atoms with van der Waals surface area (Å²) in [4.78, 5) is 23.8. The molecule has 2 aromatic rings.